The second-order valence-corrected chi connectivity index (χ2v) is 7.96. The fraction of sp³-hybridized carbons (Fsp3) is 0.211. The Labute approximate surface area is 152 Å². The molecule has 0 saturated carbocycles. The second-order valence-electron chi connectivity index (χ2n) is 5.95. The van der Waals surface area contributed by atoms with Crippen LogP contribution in [0.15, 0.2) is 54.7 Å². The lowest BCUT2D eigenvalue weighted by Gasteiger charge is -2.09. The van der Waals surface area contributed by atoms with E-state index in [2.05, 4.69) is 15.0 Å². The van der Waals surface area contributed by atoms with Gasteiger partial charge >= 0.3 is 0 Å². The van der Waals surface area contributed by atoms with Crippen LogP contribution >= 0.6 is 0 Å². The van der Waals surface area contributed by atoms with E-state index in [0.717, 1.165) is 16.5 Å². The Morgan fingerprint density at radius 3 is 2.73 bits per heavy atom. The largest absolute Gasteiger partial charge is 0.361 e. The van der Waals surface area contributed by atoms with Gasteiger partial charge in [-0.05, 0) is 43.2 Å². The first-order chi connectivity index (χ1) is 12.5. The van der Waals surface area contributed by atoms with E-state index < -0.39 is 10.0 Å². The zero-order valence-corrected chi connectivity index (χ0v) is 15.3. The van der Waals surface area contributed by atoms with Crippen LogP contribution in [0, 0.1) is 0 Å². The zero-order chi connectivity index (χ0) is 18.6. The second kappa shape index (κ2) is 7.61. The molecule has 0 atom stereocenters. The van der Waals surface area contributed by atoms with E-state index in [4.69, 9.17) is 0 Å². The molecule has 6 nitrogen and oxygen atoms in total. The third-order valence-corrected chi connectivity index (χ3v) is 5.44. The highest BCUT2D eigenvalue weighted by Crippen LogP contribution is 2.18. The number of carbonyl (C=O) groups excluding carboxylic acids is 1. The smallest absolute Gasteiger partial charge is 0.251 e. The molecule has 0 aliphatic carbocycles. The topological polar surface area (TPSA) is 91.1 Å². The number of hydrogen-bond acceptors (Lipinski definition) is 3. The average molecular weight is 371 g/mol. The van der Waals surface area contributed by atoms with E-state index in [1.807, 2.05) is 30.5 Å². The highest BCUT2D eigenvalue weighted by Gasteiger charge is 2.10. The van der Waals surface area contributed by atoms with Gasteiger partial charge in [-0.15, -0.1) is 0 Å². The van der Waals surface area contributed by atoms with Crippen LogP contribution in [-0.4, -0.2) is 31.6 Å². The van der Waals surface area contributed by atoms with Crippen molar-refractivity contribution in [2.24, 2.45) is 0 Å². The minimum absolute atomic E-state index is 0.0198. The van der Waals surface area contributed by atoms with E-state index in [1.54, 1.807) is 25.1 Å². The number of H-pyrrole nitrogens is 1. The molecule has 2 aromatic carbocycles. The van der Waals surface area contributed by atoms with Crippen molar-refractivity contribution in [1.82, 2.24) is 10.3 Å². The number of rotatable bonds is 7. The number of amides is 1. The predicted molar refractivity (Wildman–Crippen MR) is 104 cm³/mol. The Kier molecular flexibility index (Phi) is 5.27. The van der Waals surface area contributed by atoms with E-state index in [-0.39, 0.29) is 11.7 Å². The zero-order valence-electron chi connectivity index (χ0n) is 14.5. The number of fused-ring (bicyclic) bond motifs is 1. The van der Waals surface area contributed by atoms with Gasteiger partial charge in [-0.3, -0.25) is 9.52 Å². The fourth-order valence-corrected chi connectivity index (χ4v) is 3.36. The third-order valence-electron chi connectivity index (χ3n) is 4.13. The van der Waals surface area contributed by atoms with Crippen LogP contribution in [0.1, 0.15) is 22.8 Å². The van der Waals surface area contributed by atoms with Gasteiger partial charge in [0.15, 0.2) is 0 Å². The predicted octanol–water partition coefficient (Wildman–Crippen LogP) is 2.90. The van der Waals surface area contributed by atoms with Gasteiger partial charge in [0.05, 0.1) is 5.75 Å². The number of para-hydroxylation sites is 1. The average Bonchev–Trinajstić information content (AvgIpc) is 3.05. The Balaban J connectivity index is 1.61. The molecular formula is C19H21N3O3S. The molecule has 0 radical (unpaired) electrons. The summed E-state index contributed by atoms with van der Waals surface area (Å²) in [6.07, 6.45) is 2.66. The van der Waals surface area contributed by atoms with Gasteiger partial charge in [0.2, 0.25) is 10.0 Å². The normalized spacial score (nSPS) is 11.4. The summed E-state index contributed by atoms with van der Waals surface area (Å²) in [5.41, 5.74) is 3.02. The summed E-state index contributed by atoms with van der Waals surface area (Å²) in [5.74, 6) is -0.254. The molecule has 1 amide bonds. The van der Waals surface area contributed by atoms with Gasteiger partial charge in [-0.25, -0.2) is 8.42 Å². The van der Waals surface area contributed by atoms with Crippen LogP contribution in [0.2, 0.25) is 0 Å². The van der Waals surface area contributed by atoms with E-state index in [0.29, 0.717) is 24.2 Å². The Bertz CT molecular complexity index is 1030. The molecule has 0 fully saturated rings. The summed E-state index contributed by atoms with van der Waals surface area (Å²) in [6.45, 7) is 2.05. The van der Waals surface area contributed by atoms with Gasteiger partial charge in [-0.2, -0.15) is 0 Å². The van der Waals surface area contributed by atoms with Crippen molar-refractivity contribution in [3.05, 3.63) is 65.9 Å². The first-order valence-corrected chi connectivity index (χ1v) is 10.1. The highest BCUT2D eigenvalue weighted by molar-refractivity contribution is 7.92. The lowest BCUT2D eigenvalue weighted by atomic mass is 10.1. The maximum Gasteiger partial charge on any atom is 0.251 e. The molecule has 0 spiro atoms. The van der Waals surface area contributed by atoms with Gasteiger partial charge in [0.1, 0.15) is 0 Å². The van der Waals surface area contributed by atoms with Gasteiger partial charge in [0, 0.05) is 34.9 Å². The molecule has 7 heteroatoms. The van der Waals surface area contributed by atoms with Crippen LogP contribution in [0.25, 0.3) is 10.9 Å². The summed E-state index contributed by atoms with van der Waals surface area (Å²) in [4.78, 5) is 15.5. The van der Waals surface area contributed by atoms with Crippen LogP contribution in [0.5, 0.6) is 0 Å². The monoisotopic (exact) mass is 371 g/mol. The number of anilines is 1. The summed E-state index contributed by atoms with van der Waals surface area (Å²) in [6, 6.07) is 14.5. The third kappa shape index (κ3) is 4.23. The molecule has 26 heavy (non-hydrogen) atoms. The van der Waals surface area contributed by atoms with E-state index in [9.17, 15) is 13.2 Å². The SMILES string of the molecule is CCS(=O)(=O)Nc1cccc(C(=O)NCCc2c[nH]c3ccccc23)c1. The molecule has 3 rings (SSSR count). The number of aromatic amines is 1. The van der Waals surface area contributed by atoms with Gasteiger partial charge < -0.3 is 10.3 Å². The number of sulfonamides is 1. The van der Waals surface area contributed by atoms with E-state index in [1.165, 1.54) is 6.07 Å². The molecule has 3 N–H and O–H groups in total. The van der Waals surface area contributed by atoms with Crippen molar-refractivity contribution in [2.75, 3.05) is 17.0 Å². The quantitative estimate of drug-likeness (QED) is 0.596. The highest BCUT2D eigenvalue weighted by atomic mass is 32.2. The first kappa shape index (κ1) is 18.0. The number of benzene rings is 2. The minimum Gasteiger partial charge on any atom is -0.361 e. The van der Waals surface area contributed by atoms with Crippen LogP contribution in [0.3, 0.4) is 0 Å². The number of hydrogen-bond donors (Lipinski definition) is 3. The first-order valence-electron chi connectivity index (χ1n) is 8.42. The lowest BCUT2D eigenvalue weighted by Crippen LogP contribution is -2.25. The molecule has 0 saturated heterocycles. The maximum atomic E-state index is 12.3. The summed E-state index contributed by atoms with van der Waals surface area (Å²) in [5, 5.41) is 4.03. The van der Waals surface area contributed by atoms with E-state index >= 15 is 0 Å². The standard InChI is InChI=1S/C19H21N3O3S/c1-2-26(24,25)22-16-7-5-6-14(12-16)19(23)20-11-10-15-13-21-18-9-4-3-8-17(15)18/h3-9,12-13,21-22H,2,10-11H2,1H3,(H,20,23). The number of aromatic nitrogens is 1. The van der Waals surface area contributed by atoms with Crippen molar-refractivity contribution in [1.29, 1.82) is 0 Å². The van der Waals surface area contributed by atoms with Crippen molar-refractivity contribution in [3.8, 4) is 0 Å². The Morgan fingerprint density at radius 2 is 1.92 bits per heavy atom. The summed E-state index contributed by atoms with van der Waals surface area (Å²) >= 11 is 0. The van der Waals surface area contributed by atoms with Crippen LogP contribution < -0.4 is 10.0 Å². The molecular weight excluding hydrogens is 350 g/mol. The molecule has 3 aromatic rings. The molecule has 0 bridgehead atoms. The Morgan fingerprint density at radius 1 is 1.12 bits per heavy atom. The molecule has 0 aliphatic rings. The van der Waals surface area contributed by atoms with Crippen molar-refractivity contribution in [3.63, 3.8) is 0 Å². The molecule has 0 aliphatic heterocycles. The number of nitrogens with one attached hydrogen (secondary N) is 3. The van der Waals surface area contributed by atoms with Crippen LogP contribution in [0.4, 0.5) is 5.69 Å². The van der Waals surface area contributed by atoms with Gasteiger partial charge in [-0.1, -0.05) is 24.3 Å². The summed E-state index contributed by atoms with van der Waals surface area (Å²) in [7, 11) is -3.37. The minimum atomic E-state index is -3.37. The molecule has 0 unspecified atom stereocenters. The van der Waals surface area contributed by atoms with Crippen LogP contribution in [-0.2, 0) is 16.4 Å². The summed E-state index contributed by atoms with van der Waals surface area (Å²) < 4.78 is 25.7. The van der Waals surface area contributed by atoms with Gasteiger partial charge in [0.25, 0.3) is 5.91 Å². The molecule has 1 aromatic heterocycles. The molecule has 1 heterocycles. The van der Waals surface area contributed by atoms with Crippen molar-refractivity contribution in [2.45, 2.75) is 13.3 Å². The van der Waals surface area contributed by atoms with Crippen molar-refractivity contribution < 1.29 is 13.2 Å². The van der Waals surface area contributed by atoms with Crippen molar-refractivity contribution >= 4 is 32.5 Å². The molecule has 136 valence electrons. The number of carbonyl (C=O) groups is 1. The maximum absolute atomic E-state index is 12.3. The fourth-order valence-electron chi connectivity index (χ4n) is 2.73. The lowest BCUT2D eigenvalue weighted by molar-refractivity contribution is 0.0954. The Hall–Kier alpha value is -2.80.